The molecule has 1 heterocycles. The van der Waals surface area contributed by atoms with E-state index in [2.05, 4.69) is 10.2 Å². The van der Waals surface area contributed by atoms with Crippen LogP contribution < -0.4 is 4.74 Å². The first-order valence-corrected chi connectivity index (χ1v) is 8.25. The van der Waals surface area contributed by atoms with E-state index < -0.39 is 0 Å². The molecule has 0 atom stereocenters. The number of carbonyl (C=O) groups is 1. The number of likely N-dealkylation sites (N-methyl/N-ethyl adjacent to an activating group) is 1. The van der Waals surface area contributed by atoms with Crippen molar-refractivity contribution in [1.29, 1.82) is 0 Å². The minimum Gasteiger partial charge on any atom is -0.492 e. The average molecular weight is 356 g/mol. The Hall–Kier alpha value is -2.79. The first-order chi connectivity index (χ1) is 12.1. The highest BCUT2D eigenvalue weighted by Crippen LogP contribution is 2.21. The topological polar surface area (TPSA) is 58.2 Å². The van der Waals surface area contributed by atoms with Gasteiger partial charge in [0.1, 0.15) is 12.4 Å². The standard InChI is InChI=1S/C19H18ClN3O2/c1-23(11-12-25-16-9-7-15(20)8-10-16)19(24)17-13-21-22-18(17)14-5-3-2-4-6-14/h2-10,13H,11-12H2,1H3,(H,21,22). The first-order valence-electron chi connectivity index (χ1n) is 7.88. The van der Waals surface area contributed by atoms with Gasteiger partial charge in [0.05, 0.1) is 24.0 Å². The number of amides is 1. The molecule has 25 heavy (non-hydrogen) atoms. The van der Waals surface area contributed by atoms with Gasteiger partial charge in [-0.15, -0.1) is 0 Å². The number of hydrogen-bond acceptors (Lipinski definition) is 3. The van der Waals surface area contributed by atoms with Crippen molar-refractivity contribution in [2.45, 2.75) is 0 Å². The molecule has 6 heteroatoms. The molecule has 0 unspecified atom stereocenters. The predicted octanol–water partition coefficient (Wildman–Crippen LogP) is 3.88. The molecule has 128 valence electrons. The minimum atomic E-state index is -0.104. The zero-order chi connectivity index (χ0) is 17.6. The number of carbonyl (C=O) groups excluding carboxylic acids is 1. The lowest BCUT2D eigenvalue weighted by atomic mass is 10.1. The van der Waals surface area contributed by atoms with E-state index in [1.807, 2.05) is 30.3 Å². The van der Waals surface area contributed by atoms with E-state index in [-0.39, 0.29) is 5.91 Å². The van der Waals surface area contributed by atoms with Crippen molar-refractivity contribution in [3.8, 4) is 17.0 Å². The molecule has 2 aromatic carbocycles. The highest BCUT2D eigenvalue weighted by Gasteiger charge is 2.18. The second kappa shape index (κ2) is 7.85. The molecular weight excluding hydrogens is 338 g/mol. The summed E-state index contributed by atoms with van der Waals surface area (Å²) in [4.78, 5) is 14.3. The van der Waals surface area contributed by atoms with Crippen LogP contribution in [-0.4, -0.2) is 41.2 Å². The number of hydrogen-bond donors (Lipinski definition) is 1. The maximum absolute atomic E-state index is 12.7. The SMILES string of the molecule is CN(CCOc1ccc(Cl)cc1)C(=O)c1cn[nH]c1-c1ccccc1. The molecular formula is C19H18ClN3O2. The number of halogens is 1. The molecule has 0 saturated carbocycles. The molecule has 0 aliphatic rings. The summed E-state index contributed by atoms with van der Waals surface area (Å²) >= 11 is 5.84. The van der Waals surface area contributed by atoms with E-state index >= 15 is 0 Å². The molecule has 0 saturated heterocycles. The van der Waals surface area contributed by atoms with Gasteiger partial charge in [-0.05, 0) is 24.3 Å². The minimum absolute atomic E-state index is 0.104. The van der Waals surface area contributed by atoms with Gasteiger partial charge < -0.3 is 9.64 Å². The number of benzene rings is 2. The Morgan fingerprint density at radius 3 is 2.60 bits per heavy atom. The third kappa shape index (κ3) is 4.19. The summed E-state index contributed by atoms with van der Waals surface area (Å²) in [5.41, 5.74) is 2.19. The van der Waals surface area contributed by atoms with E-state index in [0.717, 1.165) is 17.0 Å². The van der Waals surface area contributed by atoms with Crippen molar-refractivity contribution < 1.29 is 9.53 Å². The van der Waals surface area contributed by atoms with E-state index in [4.69, 9.17) is 16.3 Å². The molecule has 3 aromatic rings. The number of ether oxygens (including phenoxy) is 1. The average Bonchev–Trinajstić information content (AvgIpc) is 3.13. The molecule has 0 aliphatic carbocycles. The van der Waals surface area contributed by atoms with Gasteiger partial charge in [-0.3, -0.25) is 9.89 Å². The highest BCUT2D eigenvalue weighted by molar-refractivity contribution is 6.30. The van der Waals surface area contributed by atoms with E-state index in [9.17, 15) is 4.79 Å². The van der Waals surface area contributed by atoms with E-state index in [1.54, 1.807) is 42.4 Å². The van der Waals surface area contributed by atoms with Crippen LogP contribution in [0.2, 0.25) is 5.02 Å². The van der Waals surface area contributed by atoms with Crippen molar-refractivity contribution >= 4 is 17.5 Å². The van der Waals surface area contributed by atoms with Gasteiger partial charge in [0.25, 0.3) is 5.91 Å². The zero-order valence-electron chi connectivity index (χ0n) is 13.8. The number of nitrogens with one attached hydrogen (secondary N) is 1. The largest absolute Gasteiger partial charge is 0.492 e. The third-order valence-corrected chi connectivity index (χ3v) is 4.04. The second-order valence-corrected chi connectivity index (χ2v) is 5.99. The highest BCUT2D eigenvalue weighted by atomic mass is 35.5. The van der Waals surface area contributed by atoms with Gasteiger partial charge in [0, 0.05) is 17.6 Å². The summed E-state index contributed by atoms with van der Waals surface area (Å²) in [5, 5.41) is 7.59. The van der Waals surface area contributed by atoms with Gasteiger partial charge in [-0.25, -0.2) is 0 Å². The molecule has 0 aliphatic heterocycles. The molecule has 1 aromatic heterocycles. The van der Waals surface area contributed by atoms with E-state index in [1.165, 1.54) is 0 Å². The maximum atomic E-state index is 12.7. The van der Waals surface area contributed by atoms with Crippen LogP contribution in [0.4, 0.5) is 0 Å². The van der Waals surface area contributed by atoms with Crippen molar-refractivity contribution in [3.05, 3.63) is 71.4 Å². The van der Waals surface area contributed by atoms with Crippen LogP contribution in [0.1, 0.15) is 10.4 Å². The molecule has 5 nitrogen and oxygen atoms in total. The van der Waals surface area contributed by atoms with Gasteiger partial charge in [0.15, 0.2) is 0 Å². The van der Waals surface area contributed by atoms with Crippen LogP contribution in [0.3, 0.4) is 0 Å². The van der Waals surface area contributed by atoms with Crippen LogP contribution >= 0.6 is 11.6 Å². The summed E-state index contributed by atoms with van der Waals surface area (Å²) < 4.78 is 5.64. The molecule has 3 rings (SSSR count). The fourth-order valence-electron chi connectivity index (χ4n) is 2.41. The molecule has 0 bridgehead atoms. The lowest BCUT2D eigenvalue weighted by Gasteiger charge is -2.17. The molecule has 0 radical (unpaired) electrons. The lowest BCUT2D eigenvalue weighted by Crippen LogP contribution is -2.31. The van der Waals surface area contributed by atoms with Crippen LogP contribution in [0.25, 0.3) is 11.3 Å². The summed E-state index contributed by atoms with van der Waals surface area (Å²) in [6.07, 6.45) is 1.56. The molecule has 0 fully saturated rings. The first kappa shape index (κ1) is 17.0. The molecule has 0 spiro atoms. The molecule has 1 amide bonds. The normalized spacial score (nSPS) is 10.5. The Kier molecular flexibility index (Phi) is 5.36. The lowest BCUT2D eigenvalue weighted by molar-refractivity contribution is 0.0774. The van der Waals surface area contributed by atoms with E-state index in [0.29, 0.717) is 23.7 Å². The Bertz CT molecular complexity index is 831. The summed E-state index contributed by atoms with van der Waals surface area (Å²) in [6.45, 7) is 0.850. The summed E-state index contributed by atoms with van der Waals surface area (Å²) in [5.74, 6) is 0.617. The fourth-order valence-corrected chi connectivity index (χ4v) is 2.54. The van der Waals surface area contributed by atoms with Gasteiger partial charge in [-0.2, -0.15) is 5.10 Å². The quantitative estimate of drug-likeness (QED) is 0.730. The van der Waals surface area contributed by atoms with Gasteiger partial charge >= 0.3 is 0 Å². The second-order valence-electron chi connectivity index (χ2n) is 5.55. The fraction of sp³-hybridized carbons (Fsp3) is 0.158. The number of nitrogens with zero attached hydrogens (tertiary/aromatic N) is 2. The monoisotopic (exact) mass is 355 g/mol. The third-order valence-electron chi connectivity index (χ3n) is 3.79. The predicted molar refractivity (Wildman–Crippen MR) is 97.9 cm³/mol. The van der Waals surface area contributed by atoms with Crippen LogP contribution in [-0.2, 0) is 0 Å². The van der Waals surface area contributed by atoms with Crippen molar-refractivity contribution in [2.75, 3.05) is 20.2 Å². The Labute approximate surface area is 151 Å². The Balaban J connectivity index is 1.61. The summed E-state index contributed by atoms with van der Waals surface area (Å²) in [7, 11) is 1.75. The van der Waals surface area contributed by atoms with Crippen molar-refractivity contribution in [3.63, 3.8) is 0 Å². The van der Waals surface area contributed by atoms with Crippen molar-refractivity contribution in [2.24, 2.45) is 0 Å². The Morgan fingerprint density at radius 2 is 1.88 bits per heavy atom. The summed E-state index contributed by atoms with van der Waals surface area (Å²) in [6, 6.07) is 16.8. The molecule has 1 N–H and O–H groups in total. The van der Waals surface area contributed by atoms with Gasteiger partial charge in [0.2, 0.25) is 0 Å². The number of H-pyrrole nitrogens is 1. The van der Waals surface area contributed by atoms with Crippen LogP contribution in [0.15, 0.2) is 60.8 Å². The maximum Gasteiger partial charge on any atom is 0.257 e. The van der Waals surface area contributed by atoms with Crippen molar-refractivity contribution in [1.82, 2.24) is 15.1 Å². The Morgan fingerprint density at radius 1 is 1.16 bits per heavy atom. The number of aromatic nitrogens is 2. The number of rotatable bonds is 6. The van der Waals surface area contributed by atoms with Crippen LogP contribution in [0.5, 0.6) is 5.75 Å². The smallest absolute Gasteiger partial charge is 0.257 e. The number of aromatic amines is 1. The zero-order valence-corrected chi connectivity index (χ0v) is 14.5. The van der Waals surface area contributed by atoms with Crippen LogP contribution in [0, 0.1) is 0 Å². The van der Waals surface area contributed by atoms with Gasteiger partial charge in [-0.1, -0.05) is 41.9 Å².